The molecule has 1 aromatic heterocycles. The van der Waals surface area contributed by atoms with Crippen LogP contribution in [0.2, 0.25) is 0 Å². The van der Waals surface area contributed by atoms with E-state index < -0.39 is 17.6 Å². The zero-order chi connectivity index (χ0) is 15.5. The highest BCUT2D eigenvalue weighted by Crippen LogP contribution is 2.30. The molecule has 3 N–H and O–H groups in total. The lowest BCUT2D eigenvalue weighted by atomic mass is 10.2. The van der Waals surface area contributed by atoms with E-state index in [1.165, 1.54) is 18.3 Å². The molecule has 0 saturated heterocycles. The Labute approximate surface area is 117 Å². The van der Waals surface area contributed by atoms with Gasteiger partial charge in [0.2, 0.25) is 0 Å². The first-order chi connectivity index (χ1) is 9.91. The average Bonchev–Trinajstić information content (AvgIpc) is 2.94. The Morgan fingerprint density at radius 2 is 2.14 bits per heavy atom. The second-order valence-corrected chi connectivity index (χ2v) is 4.14. The molecule has 0 atom stereocenters. The molecule has 1 heterocycles. The molecule has 2 rings (SSSR count). The maximum Gasteiger partial charge on any atom is 0.416 e. The third kappa shape index (κ3) is 3.57. The summed E-state index contributed by atoms with van der Waals surface area (Å²) in [6.45, 7) is 0.544. The van der Waals surface area contributed by atoms with Crippen molar-refractivity contribution in [2.75, 3.05) is 13.1 Å². The molecule has 1 amide bonds. The molecule has 0 aliphatic heterocycles. The van der Waals surface area contributed by atoms with Crippen LogP contribution in [-0.2, 0) is 6.18 Å². The van der Waals surface area contributed by atoms with Gasteiger partial charge in [-0.25, -0.2) is 4.68 Å². The fraction of sp³-hybridized carbons (Fsp3) is 0.250. The summed E-state index contributed by atoms with van der Waals surface area (Å²) in [6.07, 6.45) is -3.20. The van der Waals surface area contributed by atoms with Crippen LogP contribution in [0.3, 0.4) is 0 Å². The van der Waals surface area contributed by atoms with Gasteiger partial charge in [0.05, 0.1) is 17.4 Å². The summed E-state index contributed by atoms with van der Waals surface area (Å²) in [6, 6.07) is 4.57. The second-order valence-electron chi connectivity index (χ2n) is 4.14. The van der Waals surface area contributed by atoms with Crippen molar-refractivity contribution < 1.29 is 18.0 Å². The Hall–Kier alpha value is -2.42. The van der Waals surface area contributed by atoms with Gasteiger partial charge in [-0.1, -0.05) is 11.3 Å². The molecule has 0 spiro atoms. The van der Waals surface area contributed by atoms with Gasteiger partial charge in [-0.05, 0) is 18.2 Å². The fourth-order valence-corrected chi connectivity index (χ4v) is 1.60. The number of hydrogen-bond donors (Lipinski definition) is 2. The lowest BCUT2D eigenvalue weighted by Crippen LogP contribution is -2.29. The van der Waals surface area contributed by atoms with E-state index in [1.807, 2.05) is 0 Å². The molecule has 1 aromatic carbocycles. The SMILES string of the molecule is NCCNC(=O)c1cn(-c2cccc(C(F)(F)F)c2)nn1. The summed E-state index contributed by atoms with van der Waals surface area (Å²) >= 11 is 0. The van der Waals surface area contributed by atoms with Crippen LogP contribution in [0.25, 0.3) is 5.69 Å². The predicted octanol–water partition coefficient (Wildman–Crippen LogP) is 0.975. The third-order valence-corrected chi connectivity index (χ3v) is 2.59. The van der Waals surface area contributed by atoms with Gasteiger partial charge in [-0.3, -0.25) is 4.79 Å². The van der Waals surface area contributed by atoms with Gasteiger partial charge in [0.1, 0.15) is 0 Å². The molecule has 9 heteroatoms. The molecule has 21 heavy (non-hydrogen) atoms. The normalized spacial score (nSPS) is 11.4. The summed E-state index contributed by atoms with van der Waals surface area (Å²) in [5.74, 6) is -0.487. The van der Waals surface area contributed by atoms with Crippen molar-refractivity contribution in [1.82, 2.24) is 20.3 Å². The second kappa shape index (κ2) is 5.92. The molecule has 0 fully saturated rings. The molecule has 0 bridgehead atoms. The van der Waals surface area contributed by atoms with Crippen molar-refractivity contribution in [3.63, 3.8) is 0 Å². The number of halogens is 3. The Morgan fingerprint density at radius 3 is 2.81 bits per heavy atom. The van der Waals surface area contributed by atoms with E-state index in [-0.39, 0.29) is 24.5 Å². The van der Waals surface area contributed by atoms with Gasteiger partial charge < -0.3 is 11.1 Å². The quantitative estimate of drug-likeness (QED) is 0.881. The molecule has 6 nitrogen and oxygen atoms in total. The molecule has 2 aromatic rings. The zero-order valence-electron chi connectivity index (χ0n) is 10.8. The maximum atomic E-state index is 12.6. The van der Waals surface area contributed by atoms with Gasteiger partial charge >= 0.3 is 6.18 Å². The Bertz CT molecular complexity index is 638. The van der Waals surface area contributed by atoms with E-state index in [1.54, 1.807) is 0 Å². The predicted molar refractivity (Wildman–Crippen MR) is 67.7 cm³/mol. The molecule has 0 saturated carbocycles. The summed E-state index contributed by atoms with van der Waals surface area (Å²) in [5, 5.41) is 9.75. The fourth-order valence-electron chi connectivity index (χ4n) is 1.60. The third-order valence-electron chi connectivity index (χ3n) is 2.59. The number of rotatable bonds is 4. The van der Waals surface area contributed by atoms with E-state index in [4.69, 9.17) is 5.73 Å². The topological polar surface area (TPSA) is 85.8 Å². The minimum Gasteiger partial charge on any atom is -0.349 e. The highest BCUT2D eigenvalue weighted by atomic mass is 19.4. The van der Waals surface area contributed by atoms with Gasteiger partial charge in [0.25, 0.3) is 5.91 Å². The van der Waals surface area contributed by atoms with Gasteiger partial charge in [0.15, 0.2) is 5.69 Å². The summed E-state index contributed by atoms with van der Waals surface area (Å²) in [5.41, 5.74) is 4.61. The standard InChI is InChI=1S/C12H12F3N5O/c13-12(14,15)8-2-1-3-9(6-8)20-7-10(18-19-20)11(21)17-5-4-16/h1-3,6-7H,4-5,16H2,(H,17,21). The number of nitrogens with two attached hydrogens (primary N) is 1. The summed E-state index contributed by atoms with van der Waals surface area (Å²) in [4.78, 5) is 11.6. The Morgan fingerprint density at radius 1 is 1.38 bits per heavy atom. The van der Waals surface area contributed by atoms with Gasteiger partial charge in [-0.15, -0.1) is 5.10 Å². The monoisotopic (exact) mass is 299 g/mol. The van der Waals surface area contributed by atoms with Crippen molar-refractivity contribution in [2.24, 2.45) is 5.73 Å². The highest BCUT2D eigenvalue weighted by Gasteiger charge is 2.30. The molecular formula is C12H12F3N5O. The van der Waals surface area contributed by atoms with E-state index >= 15 is 0 Å². The Kier molecular flexibility index (Phi) is 4.22. The van der Waals surface area contributed by atoms with Crippen LogP contribution < -0.4 is 11.1 Å². The number of alkyl halides is 3. The molecule has 0 unspecified atom stereocenters. The highest BCUT2D eigenvalue weighted by molar-refractivity contribution is 5.91. The van der Waals surface area contributed by atoms with Crippen LogP contribution in [0.5, 0.6) is 0 Å². The van der Waals surface area contributed by atoms with Crippen LogP contribution in [0.4, 0.5) is 13.2 Å². The van der Waals surface area contributed by atoms with Crippen LogP contribution in [0.15, 0.2) is 30.5 Å². The maximum absolute atomic E-state index is 12.6. The number of amides is 1. The van der Waals surface area contributed by atoms with Gasteiger partial charge in [-0.2, -0.15) is 13.2 Å². The molecular weight excluding hydrogens is 287 g/mol. The van der Waals surface area contributed by atoms with Crippen molar-refractivity contribution in [3.8, 4) is 5.69 Å². The van der Waals surface area contributed by atoms with Crippen LogP contribution in [0.1, 0.15) is 16.1 Å². The zero-order valence-corrected chi connectivity index (χ0v) is 10.8. The Balaban J connectivity index is 2.24. The lowest BCUT2D eigenvalue weighted by molar-refractivity contribution is -0.137. The molecule has 0 radical (unpaired) electrons. The van der Waals surface area contributed by atoms with E-state index in [0.29, 0.717) is 0 Å². The lowest BCUT2D eigenvalue weighted by Gasteiger charge is -2.08. The first kappa shape index (κ1) is 15.0. The van der Waals surface area contributed by atoms with E-state index in [2.05, 4.69) is 15.6 Å². The largest absolute Gasteiger partial charge is 0.416 e. The first-order valence-corrected chi connectivity index (χ1v) is 6.00. The van der Waals surface area contributed by atoms with E-state index in [0.717, 1.165) is 16.8 Å². The first-order valence-electron chi connectivity index (χ1n) is 6.00. The van der Waals surface area contributed by atoms with Crippen LogP contribution in [-0.4, -0.2) is 34.0 Å². The number of carbonyl (C=O) groups excluding carboxylic acids is 1. The van der Waals surface area contributed by atoms with Crippen molar-refractivity contribution in [3.05, 3.63) is 41.7 Å². The average molecular weight is 299 g/mol. The van der Waals surface area contributed by atoms with E-state index in [9.17, 15) is 18.0 Å². The van der Waals surface area contributed by atoms with Crippen LogP contribution in [0, 0.1) is 0 Å². The number of hydrogen-bond acceptors (Lipinski definition) is 4. The molecule has 0 aliphatic carbocycles. The van der Waals surface area contributed by atoms with Crippen molar-refractivity contribution in [1.29, 1.82) is 0 Å². The number of benzene rings is 1. The summed E-state index contributed by atoms with van der Waals surface area (Å²) in [7, 11) is 0. The molecule has 112 valence electrons. The number of carbonyl (C=O) groups is 1. The van der Waals surface area contributed by atoms with Gasteiger partial charge in [0, 0.05) is 13.1 Å². The smallest absolute Gasteiger partial charge is 0.349 e. The minimum atomic E-state index is -4.45. The van der Waals surface area contributed by atoms with Crippen molar-refractivity contribution in [2.45, 2.75) is 6.18 Å². The minimum absolute atomic E-state index is 0.000798. The molecule has 0 aliphatic rings. The summed E-state index contributed by atoms with van der Waals surface area (Å²) < 4.78 is 39.0. The number of aromatic nitrogens is 3. The number of nitrogens with zero attached hydrogens (tertiary/aromatic N) is 3. The van der Waals surface area contributed by atoms with Crippen LogP contribution >= 0.6 is 0 Å². The van der Waals surface area contributed by atoms with Crippen molar-refractivity contribution >= 4 is 5.91 Å². The number of nitrogens with one attached hydrogen (secondary N) is 1.